The Labute approximate surface area is 297 Å². The Morgan fingerprint density at radius 3 is 2.80 bits per heavy atom. The van der Waals surface area contributed by atoms with Crippen LogP contribution in [0, 0.1) is 9.52 Å². The average Bonchev–Trinajstić information content (AvgIpc) is 3.80. The Balaban J connectivity index is 1.06. The zero-order valence-electron chi connectivity index (χ0n) is 28.2. The molecule has 260 valence electrons. The van der Waals surface area contributed by atoms with Crippen LogP contribution in [0.15, 0.2) is 36.7 Å². The van der Waals surface area contributed by atoms with E-state index in [0.717, 1.165) is 98.6 Å². The molecule has 0 spiro atoms. The number of carbonyl (C=O) groups is 2. The van der Waals surface area contributed by atoms with Crippen LogP contribution in [0.25, 0.3) is 20.7 Å². The van der Waals surface area contributed by atoms with E-state index in [9.17, 15) is 14.0 Å². The third kappa shape index (κ3) is 5.82. The van der Waals surface area contributed by atoms with Gasteiger partial charge in [-0.05, 0) is 0 Å². The molecule has 1 aromatic carbocycles. The molecule has 1 saturated heterocycles. The first-order chi connectivity index (χ1) is 24.4. The van der Waals surface area contributed by atoms with Crippen molar-refractivity contribution >= 4 is 52.3 Å². The van der Waals surface area contributed by atoms with Crippen LogP contribution >= 0.6 is 19.8 Å². The molecular weight excluding hydrogens is 748 g/mol. The quantitative estimate of drug-likeness (QED) is 0.155. The molecule has 2 atom stereocenters. The third-order valence-corrected chi connectivity index (χ3v) is 16.7. The summed E-state index contributed by atoms with van der Waals surface area (Å²) in [4.78, 5) is 43.8. The molecule has 3 aromatic heterocycles. The van der Waals surface area contributed by atoms with Gasteiger partial charge in [-0.3, -0.25) is 0 Å². The summed E-state index contributed by atoms with van der Waals surface area (Å²) in [5.41, 5.74) is 6.56. The molecule has 50 heavy (non-hydrogen) atoms. The van der Waals surface area contributed by atoms with Crippen molar-refractivity contribution in [2.75, 3.05) is 37.3 Å². The van der Waals surface area contributed by atoms with E-state index in [1.54, 1.807) is 6.20 Å². The van der Waals surface area contributed by atoms with Crippen LogP contribution in [0.4, 0.5) is 4.39 Å². The number of amides is 2. The van der Waals surface area contributed by atoms with Crippen LogP contribution in [0.5, 0.6) is 0 Å². The van der Waals surface area contributed by atoms with Gasteiger partial charge in [-0.15, -0.1) is 0 Å². The molecular formula is C38H41FIN7O3. The number of alkyl halides is 1. The van der Waals surface area contributed by atoms with E-state index in [2.05, 4.69) is 38.4 Å². The molecule has 2 bridgehead atoms. The van der Waals surface area contributed by atoms with Gasteiger partial charge in [-0.1, -0.05) is 0 Å². The molecule has 1 saturated carbocycles. The summed E-state index contributed by atoms with van der Waals surface area (Å²) < 4.78 is 26.5. The van der Waals surface area contributed by atoms with Crippen LogP contribution in [-0.2, 0) is 17.6 Å². The predicted octanol–water partition coefficient (Wildman–Crippen LogP) is 5.69. The zero-order chi connectivity index (χ0) is 33.9. The summed E-state index contributed by atoms with van der Waals surface area (Å²) in [5.74, 6) is 0.107. The van der Waals surface area contributed by atoms with Gasteiger partial charge in [-0.25, -0.2) is 0 Å². The number of halogens is 2. The number of nitrogens with one attached hydrogen (secondary N) is 2. The minimum absolute atomic E-state index is 0.0798. The SMILES string of the molecule is C[C@H]1NC(=O)c2c(F)cncc2CCCCCI2C(c3nc4cc5c(cc4n3C3CC3)CCN(C[C@H]3COCCN3)C5=O)=Cc3ccc1nc32. The normalized spacial score (nSPS) is 23.3. The number of aromatic nitrogens is 4. The molecule has 2 N–H and O–H groups in total. The summed E-state index contributed by atoms with van der Waals surface area (Å²) in [6, 6.07) is 8.58. The maximum absolute atomic E-state index is 14.9. The Morgan fingerprint density at radius 1 is 1.06 bits per heavy atom. The Bertz CT molecular complexity index is 2050. The Kier molecular flexibility index (Phi) is 8.43. The van der Waals surface area contributed by atoms with Crippen LogP contribution < -0.4 is 10.6 Å². The molecule has 1 aliphatic carbocycles. The second-order valence-corrected chi connectivity index (χ2v) is 19.4. The van der Waals surface area contributed by atoms with Gasteiger partial charge in [0.1, 0.15) is 0 Å². The van der Waals surface area contributed by atoms with E-state index >= 15 is 0 Å². The second-order valence-electron chi connectivity index (χ2n) is 14.1. The molecule has 4 aromatic rings. The summed E-state index contributed by atoms with van der Waals surface area (Å²) in [5, 5.41) is 6.50. The fourth-order valence-electron chi connectivity index (χ4n) is 7.80. The van der Waals surface area contributed by atoms with Gasteiger partial charge < -0.3 is 0 Å². The van der Waals surface area contributed by atoms with Gasteiger partial charge in [0.15, 0.2) is 0 Å². The third-order valence-electron chi connectivity index (χ3n) is 10.6. The molecule has 4 aliphatic heterocycles. The van der Waals surface area contributed by atoms with Crippen molar-refractivity contribution in [3.63, 3.8) is 0 Å². The van der Waals surface area contributed by atoms with Crippen molar-refractivity contribution in [3.8, 4) is 0 Å². The number of benzene rings is 1. The summed E-state index contributed by atoms with van der Waals surface area (Å²) >= 11 is -2.05. The summed E-state index contributed by atoms with van der Waals surface area (Å²) in [7, 11) is 0. The minimum atomic E-state index is -2.05. The number of nitrogens with zero attached hydrogens (tertiary/aromatic N) is 5. The van der Waals surface area contributed by atoms with Crippen molar-refractivity contribution < 1.29 is 18.7 Å². The van der Waals surface area contributed by atoms with Crippen molar-refractivity contribution in [3.05, 3.63) is 85.5 Å². The van der Waals surface area contributed by atoms with Gasteiger partial charge in [0.25, 0.3) is 0 Å². The monoisotopic (exact) mass is 789 g/mol. The second kappa shape index (κ2) is 13.1. The molecule has 5 aliphatic rings. The molecule has 2 amide bonds. The first-order valence-electron chi connectivity index (χ1n) is 17.9. The number of morpholine rings is 1. The Morgan fingerprint density at radius 2 is 1.96 bits per heavy atom. The fourth-order valence-corrected chi connectivity index (χ4v) is 14.1. The van der Waals surface area contributed by atoms with Crippen LogP contribution in [0.3, 0.4) is 0 Å². The Hall–Kier alpha value is -3.75. The van der Waals surface area contributed by atoms with Gasteiger partial charge >= 0.3 is 292 Å². The van der Waals surface area contributed by atoms with Gasteiger partial charge in [0.05, 0.1) is 6.61 Å². The first kappa shape index (κ1) is 32.2. The van der Waals surface area contributed by atoms with Gasteiger partial charge in [0, 0.05) is 0 Å². The average molecular weight is 790 g/mol. The number of imidazole rings is 1. The zero-order valence-corrected chi connectivity index (χ0v) is 30.3. The van der Waals surface area contributed by atoms with E-state index in [0.29, 0.717) is 44.3 Å². The first-order valence-corrected chi connectivity index (χ1v) is 21.6. The molecule has 9 rings (SSSR count). The fraction of sp³-hybridized carbons (Fsp3) is 0.447. The molecule has 10 nitrogen and oxygen atoms in total. The van der Waals surface area contributed by atoms with Crippen LogP contribution in [-0.4, -0.2) is 79.6 Å². The van der Waals surface area contributed by atoms with E-state index < -0.39 is 31.5 Å². The molecule has 7 heterocycles. The standard InChI is InChI=1S/C38H41FIN7O3/c1-22-31-9-6-24-15-30(40(35(24)44-31)11-4-2-3-5-25-18-41-19-29(39)34(25)37(48)43-22)36-45-32-17-28-23(16-33(32)47(36)27-7-8-27)10-13-46(38(28)49)20-26-21-50-14-12-42-26/h6,9,15-19,22,26-27,42H,2-5,7-8,10-14,20-21H2,1H3,(H,43,48)/t22-,26+/m1/s1. The molecule has 0 radical (unpaired) electrons. The van der Waals surface area contributed by atoms with Crippen LogP contribution in [0.1, 0.15) is 100 Å². The number of hydrogen-bond acceptors (Lipinski definition) is 7. The maximum atomic E-state index is 14.9. The molecule has 12 heteroatoms. The van der Waals surface area contributed by atoms with E-state index in [-0.39, 0.29) is 23.6 Å². The van der Waals surface area contributed by atoms with Gasteiger partial charge in [0.2, 0.25) is 0 Å². The van der Waals surface area contributed by atoms with E-state index in [1.807, 2.05) is 24.0 Å². The predicted molar refractivity (Wildman–Crippen MR) is 198 cm³/mol. The van der Waals surface area contributed by atoms with E-state index in [4.69, 9.17) is 14.7 Å². The van der Waals surface area contributed by atoms with Crippen molar-refractivity contribution in [2.45, 2.75) is 70.0 Å². The summed E-state index contributed by atoms with van der Waals surface area (Å²) in [6.07, 6.45) is 11.6. The van der Waals surface area contributed by atoms with Gasteiger partial charge in [-0.2, -0.15) is 0 Å². The molecule has 0 unspecified atom stereocenters. The van der Waals surface area contributed by atoms with Crippen LogP contribution in [0.2, 0.25) is 0 Å². The molecule has 2 fully saturated rings. The topological polar surface area (TPSA) is 114 Å². The summed E-state index contributed by atoms with van der Waals surface area (Å²) in [6.45, 7) is 5.43. The van der Waals surface area contributed by atoms with Crippen molar-refractivity contribution in [2.24, 2.45) is 0 Å². The van der Waals surface area contributed by atoms with E-state index in [1.165, 1.54) is 3.58 Å². The number of aryl methyl sites for hydroxylation is 1. The van der Waals surface area contributed by atoms with Crippen molar-refractivity contribution in [1.82, 2.24) is 35.1 Å². The number of ether oxygens (including phenoxy) is 1. The number of fused-ring (bicyclic) bond motifs is 4. The number of carbonyl (C=O) groups excluding carboxylic acids is 2. The van der Waals surface area contributed by atoms with Crippen molar-refractivity contribution in [1.29, 1.82) is 0 Å². The number of rotatable bonds is 4. The number of hydrogen-bond donors (Lipinski definition) is 2. The number of pyridine rings is 2.